The number of thioether (sulfide) groups is 1. The van der Waals surface area contributed by atoms with Gasteiger partial charge in [-0.15, -0.1) is 11.8 Å². The van der Waals surface area contributed by atoms with Gasteiger partial charge < -0.3 is 5.32 Å². The second-order valence-corrected chi connectivity index (χ2v) is 7.00. The van der Waals surface area contributed by atoms with Gasteiger partial charge in [0.1, 0.15) is 5.69 Å². The molecule has 0 aliphatic rings. The highest BCUT2D eigenvalue weighted by Crippen LogP contribution is 2.20. The lowest BCUT2D eigenvalue weighted by molar-refractivity contribution is 0.0946. The van der Waals surface area contributed by atoms with Crippen molar-refractivity contribution in [1.82, 2.24) is 15.5 Å². The van der Waals surface area contributed by atoms with Crippen LogP contribution in [0, 0.1) is 0 Å². The largest absolute Gasteiger partial charge is 0.347 e. The van der Waals surface area contributed by atoms with E-state index in [9.17, 15) is 4.79 Å². The number of carbonyl (C=O) groups excluding carboxylic acids is 1. The lowest BCUT2D eigenvalue weighted by atomic mass is 10.1. The fraction of sp³-hybridized carbons (Fsp3) is 0.111. The molecule has 1 aromatic heterocycles. The van der Waals surface area contributed by atoms with Crippen molar-refractivity contribution >= 4 is 33.6 Å². The Hall–Kier alpha value is -2.05. The molecule has 1 heterocycles. The van der Waals surface area contributed by atoms with Crippen LogP contribution in [-0.2, 0) is 6.54 Å². The number of nitrogens with zero attached hydrogens (tertiary/aromatic N) is 1. The Labute approximate surface area is 153 Å². The molecule has 122 valence electrons. The molecule has 3 aromatic rings. The van der Waals surface area contributed by atoms with Gasteiger partial charge in [0.15, 0.2) is 0 Å². The zero-order valence-corrected chi connectivity index (χ0v) is 15.4. The molecule has 0 saturated heterocycles. The Kier molecular flexibility index (Phi) is 5.37. The summed E-state index contributed by atoms with van der Waals surface area (Å²) < 4.78 is 1.01. The maximum atomic E-state index is 12.2. The average molecular weight is 402 g/mol. The number of halogens is 1. The van der Waals surface area contributed by atoms with Gasteiger partial charge in [0.05, 0.1) is 5.69 Å². The van der Waals surface area contributed by atoms with Gasteiger partial charge in [-0.1, -0.05) is 40.2 Å². The van der Waals surface area contributed by atoms with E-state index in [2.05, 4.69) is 31.4 Å². The third kappa shape index (κ3) is 4.07. The van der Waals surface area contributed by atoms with Crippen LogP contribution in [0.1, 0.15) is 16.1 Å². The summed E-state index contributed by atoms with van der Waals surface area (Å²) in [5, 5.41) is 9.91. The van der Waals surface area contributed by atoms with Crippen LogP contribution in [-0.4, -0.2) is 22.4 Å². The Bertz CT molecular complexity index is 828. The van der Waals surface area contributed by atoms with E-state index < -0.39 is 0 Å². The molecule has 0 unspecified atom stereocenters. The van der Waals surface area contributed by atoms with Crippen molar-refractivity contribution in [2.24, 2.45) is 0 Å². The van der Waals surface area contributed by atoms with Gasteiger partial charge in [-0.05, 0) is 42.2 Å². The maximum Gasteiger partial charge on any atom is 0.269 e. The molecule has 1 amide bonds. The number of benzene rings is 2. The molecule has 2 N–H and O–H groups in total. The Balaban J connectivity index is 1.64. The topological polar surface area (TPSA) is 57.8 Å². The van der Waals surface area contributed by atoms with Gasteiger partial charge >= 0.3 is 0 Å². The minimum Gasteiger partial charge on any atom is -0.347 e. The molecule has 0 atom stereocenters. The van der Waals surface area contributed by atoms with Crippen molar-refractivity contribution < 1.29 is 4.79 Å². The Morgan fingerprint density at radius 3 is 2.54 bits per heavy atom. The summed E-state index contributed by atoms with van der Waals surface area (Å²) in [5.41, 5.74) is 3.22. The second kappa shape index (κ2) is 7.68. The van der Waals surface area contributed by atoms with Crippen LogP contribution in [0.5, 0.6) is 0 Å². The van der Waals surface area contributed by atoms with E-state index in [4.69, 9.17) is 0 Å². The summed E-state index contributed by atoms with van der Waals surface area (Å²) >= 11 is 5.10. The number of H-pyrrole nitrogens is 1. The molecule has 0 spiro atoms. The van der Waals surface area contributed by atoms with Crippen molar-refractivity contribution in [1.29, 1.82) is 0 Å². The zero-order chi connectivity index (χ0) is 16.9. The lowest BCUT2D eigenvalue weighted by Gasteiger charge is -2.04. The SMILES string of the molecule is CSc1ccc(CNC(=O)c2cc(-c3ccc(Br)cc3)n[nH]2)cc1. The molecule has 3 rings (SSSR count). The molecule has 0 bridgehead atoms. The predicted octanol–water partition coefficient (Wildman–Crippen LogP) is 4.49. The number of nitrogens with one attached hydrogen (secondary N) is 2. The first-order valence-electron chi connectivity index (χ1n) is 7.38. The number of aromatic amines is 1. The number of hydrogen-bond acceptors (Lipinski definition) is 3. The first kappa shape index (κ1) is 16.8. The minimum absolute atomic E-state index is 0.167. The van der Waals surface area contributed by atoms with E-state index in [0.717, 1.165) is 21.3 Å². The van der Waals surface area contributed by atoms with E-state index in [1.807, 2.05) is 54.8 Å². The van der Waals surface area contributed by atoms with Gasteiger partial charge in [0.2, 0.25) is 0 Å². The average Bonchev–Trinajstić information content (AvgIpc) is 3.11. The summed E-state index contributed by atoms with van der Waals surface area (Å²) in [5.74, 6) is -0.167. The van der Waals surface area contributed by atoms with Crippen LogP contribution in [0.15, 0.2) is 64.0 Å². The second-order valence-electron chi connectivity index (χ2n) is 5.20. The number of hydrogen-bond donors (Lipinski definition) is 2. The van der Waals surface area contributed by atoms with Gasteiger partial charge in [0.25, 0.3) is 5.91 Å². The molecule has 0 aliphatic heterocycles. The first-order valence-corrected chi connectivity index (χ1v) is 9.40. The van der Waals surface area contributed by atoms with Crippen molar-refractivity contribution in [2.45, 2.75) is 11.4 Å². The van der Waals surface area contributed by atoms with Crippen LogP contribution in [0.2, 0.25) is 0 Å². The summed E-state index contributed by atoms with van der Waals surface area (Å²) in [6.45, 7) is 0.486. The predicted molar refractivity (Wildman–Crippen MR) is 101 cm³/mol. The summed E-state index contributed by atoms with van der Waals surface area (Å²) in [7, 11) is 0. The highest BCUT2D eigenvalue weighted by atomic mass is 79.9. The molecule has 4 nitrogen and oxygen atoms in total. The van der Waals surface area contributed by atoms with E-state index in [0.29, 0.717) is 12.2 Å². The molecule has 0 radical (unpaired) electrons. The van der Waals surface area contributed by atoms with E-state index in [1.165, 1.54) is 4.90 Å². The highest BCUT2D eigenvalue weighted by molar-refractivity contribution is 9.10. The third-order valence-electron chi connectivity index (χ3n) is 3.57. The van der Waals surface area contributed by atoms with Crippen LogP contribution < -0.4 is 5.32 Å². The molecule has 24 heavy (non-hydrogen) atoms. The highest BCUT2D eigenvalue weighted by Gasteiger charge is 2.10. The van der Waals surface area contributed by atoms with Crippen LogP contribution >= 0.6 is 27.7 Å². The molecule has 0 saturated carbocycles. The van der Waals surface area contributed by atoms with Gasteiger partial charge in [0, 0.05) is 21.5 Å². The molecular formula is C18H16BrN3OS. The number of aromatic nitrogens is 2. The zero-order valence-electron chi connectivity index (χ0n) is 13.0. The Morgan fingerprint density at radius 2 is 1.88 bits per heavy atom. The number of rotatable bonds is 5. The van der Waals surface area contributed by atoms with E-state index >= 15 is 0 Å². The molecular weight excluding hydrogens is 386 g/mol. The summed E-state index contributed by atoms with van der Waals surface area (Å²) in [6.07, 6.45) is 2.04. The standard InChI is InChI=1S/C18H16BrN3OS/c1-24-15-8-2-12(3-9-15)11-20-18(23)17-10-16(21-22-17)13-4-6-14(19)7-5-13/h2-10H,11H2,1H3,(H,20,23)(H,21,22). The van der Waals surface area contributed by atoms with Crippen molar-refractivity contribution in [2.75, 3.05) is 6.26 Å². The third-order valence-corrected chi connectivity index (χ3v) is 4.85. The normalized spacial score (nSPS) is 10.6. The van der Waals surface area contributed by atoms with Crippen LogP contribution in [0.25, 0.3) is 11.3 Å². The van der Waals surface area contributed by atoms with E-state index in [-0.39, 0.29) is 5.91 Å². The van der Waals surface area contributed by atoms with Gasteiger partial charge in [-0.2, -0.15) is 5.10 Å². The molecule has 6 heteroatoms. The fourth-order valence-corrected chi connectivity index (χ4v) is 2.90. The molecule has 0 fully saturated rings. The molecule has 2 aromatic carbocycles. The number of amides is 1. The van der Waals surface area contributed by atoms with Crippen molar-refractivity contribution in [3.63, 3.8) is 0 Å². The monoisotopic (exact) mass is 401 g/mol. The quantitative estimate of drug-likeness (QED) is 0.619. The van der Waals surface area contributed by atoms with Gasteiger partial charge in [-0.3, -0.25) is 9.89 Å². The van der Waals surface area contributed by atoms with Crippen LogP contribution in [0.4, 0.5) is 0 Å². The van der Waals surface area contributed by atoms with E-state index in [1.54, 1.807) is 17.8 Å². The maximum absolute atomic E-state index is 12.2. The minimum atomic E-state index is -0.167. The fourth-order valence-electron chi connectivity index (χ4n) is 2.23. The molecule has 0 aliphatic carbocycles. The first-order chi connectivity index (χ1) is 11.7. The summed E-state index contributed by atoms with van der Waals surface area (Å²) in [4.78, 5) is 13.5. The lowest BCUT2D eigenvalue weighted by Crippen LogP contribution is -2.23. The van der Waals surface area contributed by atoms with Crippen molar-refractivity contribution in [3.05, 3.63) is 70.3 Å². The smallest absolute Gasteiger partial charge is 0.269 e. The van der Waals surface area contributed by atoms with Crippen LogP contribution in [0.3, 0.4) is 0 Å². The van der Waals surface area contributed by atoms with Gasteiger partial charge in [-0.25, -0.2) is 0 Å². The van der Waals surface area contributed by atoms with Crippen molar-refractivity contribution in [3.8, 4) is 11.3 Å². The number of carbonyl (C=O) groups is 1. The summed E-state index contributed by atoms with van der Waals surface area (Å²) in [6, 6.07) is 17.7. The Morgan fingerprint density at radius 1 is 1.17 bits per heavy atom.